The van der Waals surface area contributed by atoms with E-state index in [-0.39, 0.29) is 30.3 Å². The van der Waals surface area contributed by atoms with Gasteiger partial charge in [0.2, 0.25) is 5.91 Å². The van der Waals surface area contributed by atoms with E-state index in [0.717, 1.165) is 17.7 Å². The topological polar surface area (TPSA) is 57.7 Å². The summed E-state index contributed by atoms with van der Waals surface area (Å²) in [4.78, 5) is 40.1. The molecule has 5 heteroatoms. The fourth-order valence-corrected chi connectivity index (χ4v) is 3.40. The van der Waals surface area contributed by atoms with Crippen molar-refractivity contribution >= 4 is 17.7 Å². The second-order valence-corrected chi connectivity index (χ2v) is 6.28. The fourth-order valence-electron chi connectivity index (χ4n) is 3.40. The number of hydrogen-bond acceptors (Lipinski definition) is 3. The molecule has 0 radical (unpaired) electrons. The van der Waals surface area contributed by atoms with E-state index >= 15 is 0 Å². The Balaban J connectivity index is 1.76. The van der Waals surface area contributed by atoms with E-state index in [4.69, 9.17) is 0 Å². The highest BCUT2D eigenvalue weighted by Gasteiger charge is 2.39. The van der Waals surface area contributed by atoms with E-state index in [9.17, 15) is 14.4 Å². The highest BCUT2D eigenvalue weighted by Crippen LogP contribution is 2.26. The predicted molar refractivity (Wildman–Crippen MR) is 81.4 cm³/mol. The number of fused-ring (bicyclic) bond motifs is 1. The number of imide groups is 1. The van der Waals surface area contributed by atoms with Crippen LogP contribution >= 0.6 is 0 Å². The molecule has 0 spiro atoms. The van der Waals surface area contributed by atoms with Gasteiger partial charge in [-0.05, 0) is 30.9 Å². The summed E-state index contributed by atoms with van der Waals surface area (Å²) >= 11 is 0. The molecule has 1 fully saturated rings. The minimum absolute atomic E-state index is 0.134. The summed E-state index contributed by atoms with van der Waals surface area (Å²) in [6.07, 6.45) is 1.97. The maximum atomic E-state index is 12.5. The molecule has 0 aromatic heterocycles. The molecule has 3 rings (SSSR count). The van der Waals surface area contributed by atoms with Gasteiger partial charge in [-0.2, -0.15) is 0 Å². The van der Waals surface area contributed by atoms with Crippen LogP contribution in [0.5, 0.6) is 0 Å². The molecule has 0 bridgehead atoms. The molecule has 0 aliphatic carbocycles. The van der Waals surface area contributed by atoms with Crippen LogP contribution in [0.25, 0.3) is 0 Å². The minimum atomic E-state index is -0.366. The smallest absolute Gasteiger partial charge is 0.262 e. The van der Waals surface area contributed by atoms with E-state index in [1.54, 1.807) is 24.3 Å². The first-order valence-corrected chi connectivity index (χ1v) is 7.75. The van der Waals surface area contributed by atoms with E-state index in [1.165, 1.54) is 0 Å². The number of carbonyl (C=O) groups excluding carboxylic acids is 3. The molecule has 5 nitrogen and oxygen atoms in total. The highest BCUT2D eigenvalue weighted by atomic mass is 16.2. The summed E-state index contributed by atoms with van der Waals surface area (Å²) in [7, 11) is 0. The first kappa shape index (κ1) is 14.8. The van der Waals surface area contributed by atoms with Crippen molar-refractivity contribution in [2.75, 3.05) is 13.1 Å². The lowest BCUT2D eigenvalue weighted by Crippen LogP contribution is -2.45. The highest BCUT2D eigenvalue weighted by molar-refractivity contribution is 6.22. The van der Waals surface area contributed by atoms with Gasteiger partial charge in [-0.3, -0.25) is 19.3 Å². The average Bonchev–Trinajstić information content (AvgIpc) is 3.08. The maximum absolute atomic E-state index is 12.5. The van der Waals surface area contributed by atoms with Gasteiger partial charge in [-0.1, -0.05) is 26.0 Å². The van der Waals surface area contributed by atoms with Crippen molar-refractivity contribution in [3.63, 3.8) is 0 Å². The summed E-state index contributed by atoms with van der Waals surface area (Å²) in [5.74, 6) is -0.483. The van der Waals surface area contributed by atoms with Gasteiger partial charge in [-0.15, -0.1) is 0 Å². The van der Waals surface area contributed by atoms with Crippen LogP contribution in [0.2, 0.25) is 0 Å². The van der Waals surface area contributed by atoms with Crippen LogP contribution in [0.4, 0.5) is 0 Å². The van der Waals surface area contributed by atoms with E-state index in [0.29, 0.717) is 23.6 Å². The number of benzene rings is 1. The van der Waals surface area contributed by atoms with Gasteiger partial charge in [0.1, 0.15) is 6.54 Å². The zero-order chi connectivity index (χ0) is 15.9. The Hall–Kier alpha value is -2.17. The molecule has 1 atom stereocenters. The molecule has 116 valence electrons. The third-order valence-corrected chi connectivity index (χ3v) is 4.56. The monoisotopic (exact) mass is 300 g/mol. The number of hydrogen-bond donors (Lipinski definition) is 0. The zero-order valence-electron chi connectivity index (χ0n) is 12.9. The lowest BCUT2D eigenvalue weighted by Gasteiger charge is -2.29. The molecule has 2 aliphatic heterocycles. The molecule has 1 aromatic rings. The van der Waals surface area contributed by atoms with Gasteiger partial charge >= 0.3 is 0 Å². The largest absolute Gasteiger partial charge is 0.338 e. The minimum Gasteiger partial charge on any atom is -0.338 e. The number of nitrogens with zero attached hydrogens (tertiary/aromatic N) is 2. The molecule has 1 aromatic carbocycles. The summed E-state index contributed by atoms with van der Waals surface area (Å²) in [6.45, 7) is 4.75. The Morgan fingerprint density at radius 2 is 1.77 bits per heavy atom. The summed E-state index contributed by atoms with van der Waals surface area (Å²) in [5.41, 5.74) is 0.782. The third-order valence-electron chi connectivity index (χ3n) is 4.56. The van der Waals surface area contributed by atoms with Gasteiger partial charge in [0.15, 0.2) is 0 Å². The molecule has 3 amide bonds. The van der Waals surface area contributed by atoms with Crippen LogP contribution in [0.3, 0.4) is 0 Å². The van der Waals surface area contributed by atoms with Gasteiger partial charge in [0, 0.05) is 12.6 Å². The molecule has 0 N–H and O–H groups in total. The first-order chi connectivity index (χ1) is 10.5. The van der Waals surface area contributed by atoms with E-state index < -0.39 is 0 Å². The number of rotatable bonds is 3. The predicted octanol–water partition coefficient (Wildman–Crippen LogP) is 1.93. The molecule has 1 unspecified atom stereocenters. The van der Waals surface area contributed by atoms with Crippen LogP contribution < -0.4 is 0 Å². The van der Waals surface area contributed by atoms with Crippen molar-refractivity contribution in [3.05, 3.63) is 35.4 Å². The molecule has 2 heterocycles. The lowest BCUT2D eigenvalue weighted by molar-refractivity contribution is -0.133. The van der Waals surface area contributed by atoms with Crippen LogP contribution in [-0.2, 0) is 4.79 Å². The Bertz CT molecular complexity index is 604. The van der Waals surface area contributed by atoms with Crippen LogP contribution in [0.15, 0.2) is 24.3 Å². The second-order valence-electron chi connectivity index (χ2n) is 6.28. The molecule has 2 aliphatic rings. The van der Waals surface area contributed by atoms with Crippen molar-refractivity contribution in [3.8, 4) is 0 Å². The number of likely N-dealkylation sites (tertiary alicyclic amines) is 1. The van der Waals surface area contributed by atoms with Gasteiger partial charge in [0.25, 0.3) is 11.8 Å². The fraction of sp³-hybridized carbons (Fsp3) is 0.471. The van der Waals surface area contributed by atoms with Crippen LogP contribution in [-0.4, -0.2) is 46.7 Å². The average molecular weight is 300 g/mol. The van der Waals surface area contributed by atoms with E-state index in [1.807, 2.05) is 4.90 Å². The van der Waals surface area contributed by atoms with Crippen LogP contribution in [0, 0.1) is 5.92 Å². The van der Waals surface area contributed by atoms with Crippen molar-refractivity contribution < 1.29 is 14.4 Å². The molecule has 1 saturated heterocycles. The van der Waals surface area contributed by atoms with Crippen molar-refractivity contribution in [2.24, 2.45) is 5.92 Å². The summed E-state index contributed by atoms with van der Waals surface area (Å²) < 4.78 is 0. The van der Waals surface area contributed by atoms with Gasteiger partial charge in [-0.25, -0.2) is 0 Å². The number of carbonyl (C=O) groups is 3. The van der Waals surface area contributed by atoms with Crippen molar-refractivity contribution in [2.45, 2.75) is 32.7 Å². The molecular weight excluding hydrogens is 280 g/mol. The SMILES string of the molecule is CC(C)C1CCCN1C(=O)CN1C(=O)c2ccccc2C1=O. The number of amides is 3. The van der Waals surface area contributed by atoms with Gasteiger partial charge in [0.05, 0.1) is 11.1 Å². The van der Waals surface area contributed by atoms with Crippen LogP contribution in [0.1, 0.15) is 47.4 Å². The maximum Gasteiger partial charge on any atom is 0.262 e. The quantitative estimate of drug-likeness (QED) is 0.801. The molecule has 22 heavy (non-hydrogen) atoms. The zero-order valence-corrected chi connectivity index (χ0v) is 12.9. The first-order valence-electron chi connectivity index (χ1n) is 7.75. The standard InChI is InChI=1S/C17H20N2O3/c1-11(2)14-8-5-9-18(14)15(20)10-19-16(21)12-6-3-4-7-13(12)17(19)22/h3-4,6-7,11,14H,5,8-10H2,1-2H3. The Morgan fingerprint density at radius 3 is 2.32 bits per heavy atom. The Morgan fingerprint density at radius 1 is 1.18 bits per heavy atom. The molecular formula is C17H20N2O3. The lowest BCUT2D eigenvalue weighted by atomic mass is 10.0. The van der Waals surface area contributed by atoms with Crippen molar-refractivity contribution in [1.82, 2.24) is 9.80 Å². The molecule has 0 saturated carbocycles. The Labute approximate surface area is 129 Å². The third kappa shape index (κ3) is 2.30. The Kier molecular flexibility index (Phi) is 3.72. The van der Waals surface area contributed by atoms with Crippen molar-refractivity contribution in [1.29, 1.82) is 0 Å². The second kappa shape index (κ2) is 5.55. The summed E-state index contributed by atoms with van der Waals surface area (Å²) in [5, 5.41) is 0. The normalized spacial score (nSPS) is 21.0. The van der Waals surface area contributed by atoms with E-state index in [2.05, 4.69) is 13.8 Å². The van der Waals surface area contributed by atoms with Gasteiger partial charge < -0.3 is 4.90 Å². The summed E-state index contributed by atoms with van der Waals surface area (Å²) in [6, 6.07) is 6.93.